The van der Waals surface area contributed by atoms with E-state index in [-0.39, 0.29) is 0 Å². The predicted octanol–water partition coefficient (Wildman–Crippen LogP) is 3.10. The minimum Gasteiger partial charge on any atom is -0.467 e. The van der Waals surface area contributed by atoms with Gasteiger partial charge in [-0.3, -0.25) is 0 Å². The van der Waals surface area contributed by atoms with Crippen LogP contribution in [0.3, 0.4) is 0 Å². The minimum absolute atomic E-state index is 0.432. The zero-order valence-electron chi connectivity index (χ0n) is 10.2. The van der Waals surface area contributed by atoms with Crippen LogP contribution in [0.2, 0.25) is 0 Å². The van der Waals surface area contributed by atoms with Gasteiger partial charge in [-0.25, -0.2) is 4.79 Å². The summed E-state index contributed by atoms with van der Waals surface area (Å²) in [5.41, 5.74) is -0.281. The van der Waals surface area contributed by atoms with Gasteiger partial charge < -0.3 is 9.47 Å². The highest BCUT2D eigenvalue weighted by molar-refractivity contribution is 5.74. The van der Waals surface area contributed by atoms with Crippen molar-refractivity contribution in [2.24, 2.45) is 0 Å². The van der Waals surface area contributed by atoms with Gasteiger partial charge in [0.25, 0.3) is 0 Å². The maximum Gasteiger partial charge on any atom is 0.416 e. The van der Waals surface area contributed by atoms with Crippen LogP contribution in [0.5, 0.6) is 0 Å². The second-order valence-electron chi connectivity index (χ2n) is 4.34. The summed E-state index contributed by atoms with van der Waals surface area (Å²) >= 11 is 0. The lowest BCUT2D eigenvalue weighted by Gasteiger charge is -2.14. The standard InChI is InChI=1S/C13H13F3O3/c1-18-12(17)11-6-5-10(19-11)8-3-2-4-9(7-8)13(14,15)16/h2-4,7,10-11H,5-6H2,1H3/t10-,11+/m0/s1. The first-order valence-corrected chi connectivity index (χ1v) is 5.82. The molecule has 0 spiro atoms. The highest BCUT2D eigenvalue weighted by atomic mass is 19.4. The molecule has 3 nitrogen and oxygen atoms in total. The molecule has 2 atom stereocenters. The van der Waals surface area contributed by atoms with Gasteiger partial charge in [0, 0.05) is 0 Å². The van der Waals surface area contributed by atoms with Crippen LogP contribution in [-0.4, -0.2) is 19.2 Å². The third-order valence-electron chi connectivity index (χ3n) is 3.07. The van der Waals surface area contributed by atoms with Crippen LogP contribution in [0.15, 0.2) is 24.3 Å². The lowest BCUT2D eigenvalue weighted by molar-refractivity contribution is -0.153. The molecular formula is C13H13F3O3. The summed E-state index contributed by atoms with van der Waals surface area (Å²) < 4.78 is 47.8. The maximum atomic E-state index is 12.6. The van der Waals surface area contributed by atoms with Gasteiger partial charge >= 0.3 is 12.1 Å². The molecule has 1 fully saturated rings. The number of methoxy groups -OCH3 is 1. The molecule has 1 aromatic rings. The molecule has 104 valence electrons. The molecule has 0 N–H and O–H groups in total. The number of carbonyl (C=O) groups is 1. The number of halogens is 3. The summed E-state index contributed by atoms with van der Waals surface area (Å²) in [6.45, 7) is 0. The van der Waals surface area contributed by atoms with Gasteiger partial charge in [-0.15, -0.1) is 0 Å². The Morgan fingerprint density at radius 2 is 2.11 bits per heavy atom. The summed E-state index contributed by atoms with van der Waals surface area (Å²) in [7, 11) is 1.25. The number of rotatable bonds is 2. The summed E-state index contributed by atoms with van der Waals surface area (Å²) in [6.07, 6.45) is -4.61. The van der Waals surface area contributed by atoms with Crippen LogP contribution in [0.1, 0.15) is 30.1 Å². The Labute approximate surface area is 108 Å². The van der Waals surface area contributed by atoms with Crippen LogP contribution in [0.4, 0.5) is 13.2 Å². The molecule has 1 aromatic carbocycles. The molecule has 0 amide bonds. The fraction of sp³-hybridized carbons (Fsp3) is 0.462. The summed E-state index contributed by atoms with van der Waals surface area (Å²) in [5.74, 6) is -0.491. The quantitative estimate of drug-likeness (QED) is 0.777. The lowest BCUT2D eigenvalue weighted by Crippen LogP contribution is -2.21. The first-order valence-electron chi connectivity index (χ1n) is 5.82. The van der Waals surface area contributed by atoms with Gasteiger partial charge in [-0.05, 0) is 30.5 Å². The zero-order chi connectivity index (χ0) is 14.0. The van der Waals surface area contributed by atoms with Crippen LogP contribution in [-0.2, 0) is 20.4 Å². The lowest BCUT2D eigenvalue weighted by atomic mass is 10.0. The Morgan fingerprint density at radius 3 is 2.74 bits per heavy atom. The normalized spacial score (nSPS) is 23.4. The average molecular weight is 274 g/mol. The average Bonchev–Trinajstić information content (AvgIpc) is 2.86. The van der Waals surface area contributed by atoms with Gasteiger partial charge in [0.05, 0.1) is 18.8 Å². The number of benzene rings is 1. The molecule has 1 heterocycles. The van der Waals surface area contributed by atoms with E-state index in [2.05, 4.69) is 4.74 Å². The Hall–Kier alpha value is -1.56. The highest BCUT2D eigenvalue weighted by Crippen LogP contribution is 2.36. The third kappa shape index (κ3) is 3.07. The third-order valence-corrected chi connectivity index (χ3v) is 3.07. The molecule has 0 saturated carbocycles. The van der Waals surface area contributed by atoms with Gasteiger partial charge in [0.2, 0.25) is 0 Å². The minimum atomic E-state index is -4.38. The number of esters is 1. The van der Waals surface area contributed by atoms with E-state index < -0.39 is 29.9 Å². The fourth-order valence-corrected chi connectivity index (χ4v) is 2.10. The molecule has 0 radical (unpaired) electrons. The molecule has 0 bridgehead atoms. The smallest absolute Gasteiger partial charge is 0.416 e. The van der Waals surface area contributed by atoms with Crippen molar-refractivity contribution in [2.45, 2.75) is 31.2 Å². The van der Waals surface area contributed by atoms with Crippen molar-refractivity contribution >= 4 is 5.97 Å². The van der Waals surface area contributed by atoms with Crippen molar-refractivity contribution in [3.63, 3.8) is 0 Å². The van der Waals surface area contributed by atoms with E-state index in [0.29, 0.717) is 18.4 Å². The van der Waals surface area contributed by atoms with Crippen LogP contribution < -0.4 is 0 Å². The second kappa shape index (κ2) is 5.21. The molecule has 2 rings (SSSR count). The fourth-order valence-electron chi connectivity index (χ4n) is 2.10. The number of hydrogen-bond donors (Lipinski definition) is 0. The topological polar surface area (TPSA) is 35.5 Å². The first kappa shape index (κ1) is 13.9. The molecule has 1 aliphatic rings. The van der Waals surface area contributed by atoms with Crippen molar-refractivity contribution in [3.05, 3.63) is 35.4 Å². The number of alkyl halides is 3. The molecule has 0 unspecified atom stereocenters. The Morgan fingerprint density at radius 1 is 1.37 bits per heavy atom. The molecule has 6 heteroatoms. The Kier molecular flexibility index (Phi) is 3.80. The molecule has 0 aromatic heterocycles. The summed E-state index contributed by atoms with van der Waals surface area (Å²) in [6, 6.07) is 4.98. The van der Waals surface area contributed by atoms with E-state index in [1.54, 1.807) is 6.07 Å². The van der Waals surface area contributed by atoms with Crippen molar-refractivity contribution in [3.8, 4) is 0 Å². The summed E-state index contributed by atoms with van der Waals surface area (Å²) in [5, 5.41) is 0. The van der Waals surface area contributed by atoms with Crippen molar-refractivity contribution in [1.29, 1.82) is 0 Å². The molecule has 1 aliphatic heterocycles. The highest BCUT2D eigenvalue weighted by Gasteiger charge is 2.34. The molecule has 1 saturated heterocycles. The van der Waals surface area contributed by atoms with Crippen LogP contribution in [0, 0.1) is 0 Å². The SMILES string of the molecule is COC(=O)[C@H]1CC[C@@H](c2cccc(C(F)(F)F)c2)O1. The van der Waals surface area contributed by atoms with E-state index in [1.807, 2.05) is 0 Å². The van der Waals surface area contributed by atoms with E-state index in [9.17, 15) is 18.0 Å². The van der Waals surface area contributed by atoms with Crippen LogP contribution >= 0.6 is 0 Å². The van der Waals surface area contributed by atoms with Crippen LogP contribution in [0.25, 0.3) is 0 Å². The number of hydrogen-bond acceptors (Lipinski definition) is 3. The predicted molar refractivity (Wildman–Crippen MR) is 60.3 cm³/mol. The zero-order valence-corrected chi connectivity index (χ0v) is 10.2. The van der Waals surface area contributed by atoms with Gasteiger partial charge in [-0.2, -0.15) is 13.2 Å². The number of ether oxygens (including phenoxy) is 2. The van der Waals surface area contributed by atoms with Gasteiger partial charge in [0.15, 0.2) is 6.10 Å². The number of carbonyl (C=O) groups excluding carboxylic acids is 1. The van der Waals surface area contributed by atoms with Crippen molar-refractivity contribution < 1.29 is 27.4 Å². The molecular weight excluding hydrogens is 261 g/mol. The van der Waals surface area contributed by atoms with E-state index in [4.69, 9.17) is 4.74 Å². The monoisotopic (exact) mass is 274 g/mol. The molecule has 19 heavy (non-hydrogen) atoms. The maximum absolute atomic E-state index is 12.6. The van der Waals surface area contributed by atoms with Crippen molar-refractivity contribution in [2.75, 3.05) is 7.11 Å². The Bertz CT molecular complexity index is 470. The first-order chi connectivity index (χ1) is 8.91. The second-order valence-corrected chi connectivity index (χ2v) is 4.34. The van der Waals surface area contributed by atoms with E-state index in [0.717, 1.165) is 12.1 Å². The van der Waals surface area contributed by atoms with Gasteiger partial charge in [-0.1, -0.05) is 12.1 Å². The van der Waals surface area contributed by atoms with Crippen molar-refractivity contribution in [1.82, 2.24) is 0 Å². The summed E-state index contributed by atoms with van der Waals surface area (Å²) in [4.78, 5) is 11.3. The molecule has 0 aliphatic carbocycles. The van der Waals surface area contributed by atoms with E-state index >= 15 is 0 Å². The van der Waals surface area contributed by atoms with Gasteiger partial charge in [0.1, 0.15) is 0 Å². The largest absolute Gasteiger partial charge is 0.467 e. The Balaban J connectivity index is 2.14. The van der Waals surface area contributed by atoms with E-state index in [1.165, 1.54) is 13.2 Å².